The van der Waals surface area contributed by atoms with Crippen molar-refractivity contribution < 1.29 is 9.59 Å². The van der Waals surface area contributed by atoms with Crippen molar-refractivity contribution in [2.24, 2.45) is 7.05 Å². The minimum absolute atomic E-state index is 0.0249. The van der Waals surface area contributed by atoms with Gasteiger partial charge in [-0.25, -0.2) is 9.67 Å². The van der Waals surface area contributed by atoms with Crippen LogP contribution in [-0.2, 0) is 13.6 Å². The topological polar surface area (TPSA) is 97.9 Å². The van der Waals surface area contributed by atoms with Crippen molar-refractivity contribution in [3.05, 3.63) is 66.1 Å². The van der Waals surface area contributed by atoms with Gasteiger partial charge >= 0.3 is 0 Å². The lowest BCUT2D eigenvalue weighted by Gasteiger charge is -2.32. The maximum Gasteiger partial charge on any atom is 0.254 e. The van der Waals surface area contributed by atoms with Gasteiger partial charge in [0.15, 0.2) is 5.65 Å². The third-order valence-corrected chi connectivity index (χ3v) is 6.29. The van der Waals surface area contributed by atoms with Crippen LogP contribution in [0.3, 0.4) is 0 Å². The van der Waals surface area contributed by atoms with Crippen LogP contribution in [-0.4, -0.2) is 60.4 Å². The molecule has 5 rings (SSSR count). The molecule has 4 aromatic rings. The number of carbonyl (C=O) groups excluding carboxylic acids is 2. The molecule has 0 unspecified atom stereocenters. The van der Waals surface area contributed by atoms with Gasteiger partial charge in [-0.05, 0) is 25.8 Å². The molecule has 1 N–H and O–H groups in total. The summed E-state index contributed by atoms with van der Waals surface area (Å²) in [6.07, 6.45) is 6.39. The monoisotopic (exact) mass is 457 g/mol. The first kappa shape index (κ1) is 21.8. The fourth-order valence-electron chi connectivity index (χ4n) is 4.42. The molecular formula is C25H27N7O2. The van der Waals surface area contributed by atoms with Crippen LogP contribution in [0.4, 0.5) is 0 Å². The first-order chi connectivity index (χ1) is 16.5. The molecule has 0 saturated carbocycles. The Labute approximate surface area is 197 Å². The SMILES string of the molecule is CCn1ncc2c(C(=O)N3CCC(NC(=O)c4cnn(C)c4)CC3)cc(-c3ccccc3)nc21. The van der Waals surface area contributed by atoms with Gasteiger partial charge in [-0.1, -0.05) is 30.3 Å². The summed E-state index contributed by atoms with van der Waals surface area (Å²) in [5.74, 6) is -0.162. The van der Waals surface area contributed by atoms with E-state index in [0.29, 0.717) is 49.2 Å². The Hall–Kier alpha value is -4.01. The number of aryl methyl sites for hydroxylation is 2. The van der Waals surface area contributed by atoms with Gasteiger partial charge in [0, 0.05) is 44.5 Å². The van der Waals surface area contributed by atoms with E-state index in [0.717, 1.165) is 16.6 Å². The molecule has 34 heavy (non-hydrogen) atoms. The molecule has 1 aromatic carbocycles. The summed E-state index contributed by atoms with van der Waals surface area (Å²) >= 11 is 0. The van der Waals surface area contributed by atoms with Crippen LogP contribution in [0.5, 0.6) is 0 Å². The fourth-order valence-corrected chi connectivity index (χ4v) is 4.42. The van der Waals surface area contributed by atoms with Gasteiger partial charge in [0.2, 0.25) is 0 Å². The summed E-state index contributed by atoms with van der Waals surface area (Å²) in [5.41, 5.74) is 3.58. The fraction of sp³-hybridized carbons (Fsp3) is 0.320. The zero-order valence-corrected chi connectivity index (χ0v) is 19.3. The minimum atomic E-state index is -0.131. The van der Waals surface area contributed by atoms with E-state index in [4.69, 9.17) is 4.98 Å². The van der Waals surface area contributed by atoms with Crippen molar-refractivity contribution in [2.45, 2.75) is 32.4 Å². The molecule has 0 spiro atoms. The third-order valence-electron chi connectivity index (χ3n) is 6.29. The first-order valence-electron chi connectivity index (χ1n) is 11.5. The number of piperidine rings is 1. The third kappa shape index (κ3) is 4.16. The molecule has 3 aromatic heterocycles. The number of likely N-dealkylation sites (tertiary alicyclic amines) is 1. The molecule has 2 amide bonds. The van der Waals surface area contributed by atoms with E-state index in [1.165, 1.54) is 0 Å². The Balaban J connectivity index is 1.35. The summed E-state index contributed by atoms with van der Waals surface area (Å²) in [5, 5.41) is 12.3. The Kier molecular flexibility index (Phi) is 5.83. The molecule has 1 fully saturated rings. The largest absolute Gasteiger partial charge is 0.349 e. The highest BCUT2D eigenvalue weighted by Gasteiger charge is 2.27. The summed E-state index contributed by atoms with van der Waals surface area (Å²) in [7, 11) is 1.78. The number of rotatable bonds is 5. The van der Waals surface area contributed by atoms with Crippen molar-refractivity contribution >= 4 is 22.8 Å². The van der Waals surface area contributed by atoms with E-state index in [1.807, 2.05) is 52.9 Å². The second-order valence-electron chi connectivity index (χ2n) is 8.56. The van der Waals surface area contributed by atoms with Gasteiger partial charge in [-0.2, -0.15) is 10.2 Å². The molecule has 0 radical (unpaired) electrons. The molecule has 1 aliphatic rings. The molecular weight excluding hydrogens is 430 g/mol. The number of carbonyl (C=O) groups is 2. The highest BCUT2D eigenvalue weighted by Crippen LogP contribution is 2.27. The number of benzene rings is 1. The molecule has 1 saturated heterocycles. The first-order valence-corrected chi connectivity index (χ1v) is 11.5. The van der Waals surface area contributed by atoms with Crippen LogP contribution >= 0.6 is 0 Å². The second kappa shape index (κ2) is 9.09. The standard InChI is InChI=1S/C25H27N7O2/c1-3-32-23-21(15-27-32)20(13-22(29-23)17-7-5-4-6-8-17)25(34)31-11-9-19(10-12-31)28-24(33)18-14-26-30(2)16-18/h4-8,13-16,19H,3,9-12H2,1-2H3,(H,28,33). The zero-order valence-electron chi connectivity index (χ0n) is 19.3. The van der Waals surface area contributed by atoms with Crippen LogP contribution < -0.4 is 5.32 Å². The molecule has 0 bridgehead atoms. The number of amides is 2. The molecule has 4 heterocycles. The van der Waals surface area contributed by atoms with Crippen LogP contribution in [0, 0.1) is 0 Å². The Morgan fingerprint density at radius 3 is 2.53 bits per heavy atom. The van der Waals surface area contributed by atoms with E-state index in [-0.39, 0.29) is 17.9 Å². The van der Waals surface area contributed by atoms with Crippen LogP contribution in [0.2, 0.25) is 0 Å². The molecule has 174 valence electrons. The van der Waals surface area contributed by atoms with Crippen LogP contribution in [0.25, 0.3) is 22.3 Å². The lowest BCUT2D eigenvalue weighted by atomic mass is 10.0. The van der Waals surface area contributed by atoms with Crippen molar-refractivity contribution in [3.8, 4) is 11.3 Å². The van der Waals surface area contributed by atoms with Crippen molar-refractivity contribution in [3.63, 3.8) is 0 Å². The quantitative estimate of drug-likeness (QED) is 0.497. The number of aromatic nitrogens is 5. The second-order valence-corrected chi connectivity index (χ2v) is 8.56. The zero-order chi connectivity index (χ0) is 23.7. The maximum absolute atomic E-state index is 13.6. The van der Waals surface area contributed by atoms with Crippen molar-refractivity contribution in [2.75, 3.05) is 13.1 Å². The van der Waals surface area contributed by atoms with E-state index < -0.39 is 0 Å². The number of pyridine rings is 1. The average molecular weight is 458 g/mol. The molecule has 9 heteroatoms. The lowest BCUT2D eigenvalue weighted by Crippen LogP contribution is -2.46. The van der Waals surface area contributed by atoms with E-state index in [9.17, 15) is 9.59 Å². The predicted octanol–water partition coefficient (Wildman–Crippen LogP) is 2.89. The van der Waals surface area contributed by atoms with Gasteiger partial charge in [0.25, 0.3) is 11.8 Å². The van der Waals surface area contributed by atoms with E-state index in [2.05, 4.69) is 15.5 Å². The van der Waals surface area contributed by atoms with Gasteiger partial charge in [0.05, 0.1) is 34.6 Å². The maximum atomic E-state index is 13.6. The van der Waals surface area contributed by atoms with Crippen LogP contribution in [0.15, 0.2) is 55.0 Å². The van der Waals surface area contributed by atoms with Gasteiger partial charge in [0.1, 0.15) is 0 Å². The number of hydrogen-bond acceptors (Lipinski definition) is 5. The average Bonchev–Trinajstić information content (AvgIpc) is 3.50. The molecule has 1 aliphatic heterocycles. The summed E-state index contributed by atoms with van der Waals surface area (Å²) in [4.78, 5) is 32.7. The van der Waals surface area contributed by atoms with E-state index in [1.54, 1.807) is 30.3 Å². The smallest absolute Gasteiger partial charge is 0.254 e. The van der Waals surface area contributed by atoms with Gasteiger partial charge in [-0.15, -0.1) is 0 Å². The summed E-state index contributed by atoms with van der Waals surface area (Å²) < 4.78 is 3.43. The molecule has 9 nitrogen and oxygen atoms in total. The molecule has 0 aliphatic carbocycles. The summed E-state index contributed by atoms with van der Waals surface area (Å²) in [6.45, 7) is 3.83. The normalized spacial score (nSPS) is 14.5. The molecule has 0 atom stereocenters. The Bertz CT molecular complexity index is 1330. The van der Waals surface area contributed by atoms with Gasteiger partial charge < -0.3 is 10.2 Å². The van der Waals surface area contributed by atoms with Crippen molar-refractivity contribution in [1.29, 1.82) is 0 Å². The number of fused-ring (bicyclic) bond motifs is 1. The highest BCUT2D eigenvalue weighted by molar-refractivity contribution is 6.06. The Morgan fingerprint density at radius 2 is 1.85 bits per heavy atom. The van der Waals surface area contributed by atoms with E-state index >= 15 is 0 Å². The Morgan fingerprint density at radius 1 is 1.09 bits per heavy atom. The number of nitrogens with zero attached hydrogens (tertiary/aromatic N) is 6. The highest BCUT2D eigenvalue weighted by atomic mass is 16.2. The van der Waals surface area contributed by atoms with Crippen LogP contribution in [0.1, 0.15) is 40.5 Å². The number of hydrogen-bond donors (Lipinski definition) is 1. The van der Waals surface area contributed by atoms with Gasteiger partial charge in [-0.3, -0.25) is 14.3 Å². The summed E-state index contributed by atoms with van der Waals surface area (Å²) in [6, 6.07) is 11.8. The number of nitrogens with one attached hydrogen (secondary N) is 1. The lowest BCUT2D eigenvalue weighted by molar-refractivity contribution is 0.0700. The van der Waals surface area contributed by atoms with Crippen molar-refractivity contribution in [1.82, 2.24) is 34.8 Å². The minimum Gasteiger partial charge on any atom is -0.349 e. The predicted molar refractivity (Wildman–Crippen MR) is 128 cm³/mol.